The molecule has 184 valence electrons. The molecule has 4 rings (SSSR count). The first kappa shape index (κ1) is 24.7. The number of allylic oxidation sites excluding steroid dienone is 1. The van der Waals surface area contributed by atoms with E-state index in [4.69, 9.17) is 9.47 Å². The molecule has 6 nitrogen and oxygen atoms in total. The normalized spacial score (nSPS) is 21.6. The minimum absolute atomic E-state index is 0.142. The van der Waals surface area contributed by atoms with Crippen molar-refractivity contribution in [1.82, 2.24) is 0 Å². The summed E-state index contributed by atoms with van der Waals surface area (Å²) in [6.45, 7) is 6.83. The molecule has 0 saturated heterocycles. The number of rotatable bonds is 8. The van der Waals surface area contributed by atoms with Gasteiger partial charge in [0.15, 0.2) is 0 Å². The molecule has 6 heteroatoms. The van der Waals surface area contributed by atoms with Crippen LogP contribution in [0.15, 0.2) is 42.5 Å². The van der Waals surface area contributed by atoms with Gasteiger partial charge in [-0.2, -0.15) is 0 Å². The third-order valence-electron chi connectivity index (χ3n) is 6.87. The summed E-state index contributed by atoms with van der Waals surface area (Å²) in [5, 5.41) is 41.4. The molecule has 0 unspecified atom stereocenters. The predicted octanol–water partition coefficient (Wildman–Crippen LogP) is 3.58. The second-order valence-corrected chi connectivity index (χ2v) is 10.7. The molecule has 2 heterocycles. The first-order chi connectivity index (χ1) is 16.0. The standard InChI is InChI=1S/C28H36O6/c1-27(2,31)24-14-20-12-17(8-10-22(20)33-24)6-5-7-19(16-29)26(30)18-9-11-23-21(13-18)15-25(34-23)28(3,4)32/h5-6,8-13,19,24-26,29-32H,7,14-16H2,1-4H3/b6-5+/t19-,24+,25+,26-/m1/s1. The molecule has 0 spiro atoms. The molecule has 0 radical (unpaired) electrons. The molecule has 0 fully saturated rings. The van der Waals surface area contributed by atoms with E-state index in [1.54, 1.807) is 27.7 Å². The molecule has 2 aliphatic heterocycles. The first-order valence-electron chi connectivity index (χ1n) is 11.9. The fourth-order valence-electron chi connectivity index (χ4n) is 4.57. The summed E-state index contributed by atoms with van der Waals surface area (Å²) in [5.74, 6) is 1.19. The molecular weight excluding hydrogens is 432 g/mol. The van der Waals surface area contributed by atoms with E-state index in [0.29, 0.717) is 19.3 Å². The summed E-state index contributed by atoms with van der Waals surface area (Å²) < 4.78 is 11.7. The van der Waals surface area contributed by atoms with Crippen molar-refractivity contribution in [2.45, 2.75) is 76.5 Å². The zero-order chi connectivity index (χ0) is 24.7. The summed E-state index contributed by atoms with van der Waals surface area (Å²) >= 11 is 0. The van der Waals surface area contributed by atoms with Crippen LogP contribution in [0.4, 0.5) is 0 Å². The zero-order valence-electron chi connectivity index (χ0n) is 20.4. The van der Waals surface area contributed by atoms with Gasteiger partial charge in [-0.1, -0.05) is 24.3 Å². The number of hydrogen-bond acceptors (Lipinski definition) is 6. The molecule has 2 aliphatic rings. The lowest BCUT2D eigenvalue weighted by Crippen LogP contribution is -2.39. The summed E-state index contributed by atoms with van der Waals surface area (Å²) in [6.07, 6.45) is 4.32. The van der Waals surface area contributed by atoms with Gasteiger partial charge in [0.1, 0.15) is 23.7 Å². The maximum Gasteiger partial charge on any atom is 0.131 e. The molecular formula is C28H36O6. The number of hydrogen-bond donors (Lipinski definition) is 4. The Hall–Kier alpha value is -2.38. The smallest absolute Gasteiger partial charge is 0.131 e. The number of ether oxygens (including phenoxy) is 2. The SMILES string of the molecule is CC(C)(O)[C@@H]1Cc2cc(/C=C/C[C@H](CO)[C@H](O)c3ccc4c(c3)C[C@@H](C(C)(C)O)O4)ccc2O1. The van der Waals surface area contributed by atoms with E-state index in [1.165, 1.54) is 0 Å². The van der Waals surface area contributed by atoms with Gasteiger partial charge in [-0.3, -0.25) is 0 Å². The van der Waals surface area contributed by atoms with Crippen molar-refractivity contribution in [1.29, 1.82) is 0 Å². The van der Waals surface area contributed by atoms with Gasteiger partial charge in [0.05, 0.1) is 17.3 Å². The number of benzene rings is 2. The first-order valence-corrected chi connectivity index (χ1v) is 11.9. The lowest BCUT2D eigenvalue weighted by Gasteiger charge is -2.24. The molecule has 0 aromatic heterocycles. The Kier molecular flexibility index (Phi) is 6.80. The van der Waals surface area contributed by atoms with Crippen LogP contribution < -0.4 is 9.47 Å². The quantitative estimate of drug-likeness (QED) is 0.473. The van der Waals surface area contributed by atoms with Crippen LogP contribution in [0.5, 0.6) is 11.5 Å². The van der Waals surface area contributed by atoms with Crippen LogP contribution in [-0.4, -0.2) is 50.4 Å². The van der Waals surface area contributed by atoms with E-state index >= 15 is 0 Å². The van der Waals surface area contributed by atoms with Crippen molar-refractivity contribution >= 4 is 6.08 Å². The maximum absolute atomic E-state index is 10.9. The average molecular weight is 469 g/mol. The van der Waals surface area contributed by atoms with Gasteiger partial charge < -0.3 is 29.9 Å². The van der Waals surface area contributed by atoms with Gasteiger partial charge in [0.2, 0.25) is 0 Å². The molecule has 0 amide bonds. The van der Waals surface area contributed by atoms with Crippen LogP contribution in [0.3, 0.4) is 0 Å². The largest absolute Gasteiger partial charge is 0.487 e. The predicted molar refractivity (Wildman–Crippen MR) is 131 cm³/mol. The summed E-state index contributed by atoms with van der Waals surface area (Å²) in [4.78, 5) is 0. The molecule has 0 aliphatic carbocycles. The second kappa shape index (κ2) is 9.34. The molecule has 0 bridgehead atoms. The second-order valence-electron chi connectivity index (χ2n) is 10.7. The summed E-state index contributed by atoms with van der Waals surface area (Å²) in [6, 6.07) is 11.5. The van der Waals surface area contributed by atoms with Gasteiger partial charge in [-0.15, -0.1) is 0 Å². The Labute approximate surface area is 201 Å². The van der Waals surface area contributed by atoms with Crippen LogP contribution >= 0.6 is 0 Å². The van der Waals surface area contributed by atoms with Crippen LogP contribution in [0, 0.1) is 5.92 Å². The lowest BCUT2D eigenvalue weighted by molar-refractivity contribution is -0.0231. The van der Waals surface area contributed by atoms with Gasteiger partial charge in [0.25, 0.3) is 0 Å². The molecule has 4 N–H and O–H groups in total. The highest BCUT2D eigenvalue weighted by atomic mass is 16.5. The van der Waals surface area contributed by atoms with E-state index in [-0.39, 0.29) is 24.7 Å². The Morgan fingerprint density at radius 3 is 2.03 bits per heavy atom. The van der Waals surface area contributed by atoms with Crippen molar-refractivity contribution < 1.29 is 29.9 Å². The minimum atomic E-state index is -0.949. The van der Waals surface area contributed by atoms with E-state index in [0.717, 1.165) is 33.8 Å². The lowest BCUT2D eigenvalue weighted by atomic mass is 9.91. The monoisotopic (exact) mass is 468 g/mol. The van der Waals surface area contributed by atoms with Gasteiger partial charge in [0, 0.05) is 25.4 Å². The highest BCUT2D eigenvalue weighted by Crippen LogP contribution is 2.37. The Bertz CT molecular complexity index is 1050. The van der Waals surface area contributed by atoms with Crippen molar-refractivity contribution in [3.05, 3.63) is 64.7 Å². The van der Waals surface area contributed by atoms with Gasteiger partial charge in [-0.05, 0) is 80.6 Å². The van der Waals surface area contributed by atoms with E-state index in [9.17, 15) is 20.4 Å². The third-order valence-corrected chi connectivity index (χ3v) is 6.87. The Morgan fingerprint density at radius 2 is 1.47 bits per heavy atom. The van der Waals surface area contributed by atoms with Crippen LogP contribution in [0.1, 0.15) is 62.5 Å². The third kappa shape index (κ3) is 5.31. The minimum Gasteiger partial charge on any atom is -0.487 e. The fraction of sp³-hybridized carbons (Fsp3) is 0.500. The number of aliphatic hydroxyl groups excluding tert-OH is 2. The van der Waals surface area contributed by atoms with Crippen LogP contribution in [0.25, 0.3) is 6.08 Å². The van der Waals surface area contributed by atoms with Gasteiger partial charge in [-0.25, -0.2) is 0 Å². The van der Waals surface area contributed by atoms with Crippen molar-refractivity contribution in [3.8, 4) is 11.5 Å². The molecule has 34 heavy (non-hydrogen) atoms. The van der Waals surface area contributed by atoms with Gasteiger partial charge >= 0.3 is 0 Å². The van der Waals surface area contributed by atoms with E-state index in [2.05, 4.69) is 6.07 Å². The van der Waals surface area contributed by atoms with E-state index in [1.807, 2.05) is 42.5 Å². The van der Waals surface area contributed by atoms with Crippen LogP contribution in [-0.2, 0) is 12.8 Å². The molecule has 2 aromatic carbocycles. The summed E-state index contributed by atoms with van der Waals surface area (Å²) in [5.41, 5.74) is 1.92. The Balaban J connectivity index is 1.39. The van der Waals surface area contributed by atoms with E-state index < -0.39 is 17.3 Å². The average Bonchev–Trinajstić information content (AvgIpc) is 3.39. The maximum atomic E-state index is 10.9. The van der Waals surface area contributed by atoms with Crippen molar-refractivity contribution in [2.75, 3.05) is 6.61 Å². The molecule has 4 atom stereocenters. The van der Waals surface area contributed by atoms with Crippen LogP contribution in [0.2, 0.25) is 0 Å². The number of aliphatic hydroxyl groups is 4. The highest BCUT2D eigenvalue weighted by molar-refractivity contribution is 5.54. The number of fused-ring (bicyclic) bond motifs is 2. The Morgan fingerprint density at radius 1 is 0.912 bits per heavy atom. The molecule has 2 aromatic rings. The fourth-order valence-corrected chi connectivity index (χ4v) is 4.57. The van der Waals surface area contributed by atoms with Crippen molar-refractivity contribution in [2.24, 2.45) is 5.92 Å². The highest BCUT2D eigenvalue weighted by Gasteiger charge is 2.36. The van der Waals surface area contributed by atoms with Crippen molar-refractivity contribution in [3.63, 3.8) is 0 Å². The molecule has 0 saturated carbocycles. The topological polar surface area (TPSA) is 99.4 Å². The zero-order valence-corrected chi connectivity index (χ0v) is 20.4. The summed E-state index contributed by atoms with van der Waals surface area (Å²) in [7, 11) is 0.